The number of esters is 1. The number of hydrogen-bond donors (Lipinski definition) is 9. The van der Waals surface area contributed by atoms with Gasteiger partial charge in [0.25, 0.3) is 17.4 Å². The van der Waals surface area contributed by atoms with E-state index in [4.69, 9.17) is 19.6 Å². The van der Waals surface area contributed by atoms with Crippen LogP contribution in [0.2, 0.25) is 0 Å². The zero-order valence-corrected chi connectivity index (χ0v) is 41.5. The molecule has 4 aliphatic rings. The lowest BCUT2D eigenvalue weighted by atomic mass is 9.81. The minimum absolute atomic E-state index is 0.0329. The molecule has 9 N–H and O–H groups in total. The number of nitrogens with zero attached hydrogens (tertiary/aromatic N) is 3. The Morgan fingerprint density at radius 3 is 2.26 bits per heavy atom. The van der Waals surface area contributed by atoms with Gasteiger partial charge in [-0.1, -0.05) is 37.3 Å². The summed E-state index contributed by atoms with van der Waals surface area (Å²) in [5, 5.41) is 38.2. The van der Waals surface area contributed by atoms with E-state index in [1.165, 1.54) is 10.6 Å². The second kappa shape index (κ2) is 23.0. The summed E-state index contributed by atoms with van der Waals surface area (Å²) in [5.41, 5.74) is 1.60. The van der Waals surface area contributed by atoms with Crippen molar-refractivity contribution in [1.82, 2.24) is 51.7 Å². The Hall–Kier alpha value is -8.75. The third kappa shape index (κ3) is 11.6. The lowest BCUT2D eigenvalue weighted by molar-refractivity contribution is -0.172. The number of rotatable bonds is 22. The molecule has 2 aromatic carbocycles. The maximum Gasteiger partial charge on any atom is 0.343 e. The molecule has 0 spiro atoms. The minimum Gasteiger partial charge on any atom is -0.480 e. The van der Waals surface area contributed by atoms with Crippen LogP contribution in [0.4, 0.5) is 4.39 Å². The van der Waals surface area contributed by atoms with Gasteiger partial charge in [0.05, 0.1) is 61.2 Å². The number of aliphatic carboxylic acids is 1. The number of aryl methyl sites for hydroxylation is 1. The van der Waals surface area contributed by atoms with Gasteiger partial charge in [0.2, 0.25) is 35.4 Å². The summed E-state index contributed by atoms with van der Waals surface area (Å²) in [7, 11) is 0. The highest BCUT2D eigenvalue weighted by Crippen LogP contribution is 2.46. The SMILES string of the molecule is CC[C@@]1(O)C(=O)OCc2c1cc1n(c2=O)Cc2c-1nc1cc(F)c(C)c3c1c2[C@@H](NC(=O)COCNC(=O)CNC(=O)[C@H](Cc1ccccc1)NC(=O)CNC(=O)CNC(=O)[C@@H](CNCC(=O)O)N1C(=O)C=CC1=O)CC3. The van der Waals surface area contributed by atoms with Crippen LogP contribution in [0.1, 0.15) is 64.8 Å². The Labute approximate surface area is 436 Å². The fourth-order valence-electron chi connectivity index (χ4n) is 9.73. The fourth-order valence-corrected chi connectivity index (χ4v) is 9.73. The lowest BCUT2D eigenvalue weighted by Crippen LogP contribution is -2.56. The molecule has 25 nitrogen and oxygen atoms in total. The number of hydrogen-bond acceptors (Lipinski definition) is 16. The van der Waals surface area contributed by atoms with Gasteiger partial charge in [-0.15, -0.1) is 0 Å². The maximum atomic E-state index is 15.4. The third-order valence-electron chi connectivity index (χ3n) is 13.6. The van der Waals surface area contributed by atoms with E-state index >= 15 is 4.39 Å². The number of carboxylic acids is 1. The second-order valence-electron chi connectivity index (χ2n) is 18.5. The molecule has 0 saturated carbocycles. The van der Waals surface area contributed by atoms with Crippen LogP contribution in [0, 0.1) is 12.7 Å². The van der Waals surface area contributed by atoms with Crippen molar-refractivity contribution in [3.05, 3.63) is 110 Å². The van der Waals surface area contributed by atoms with E-state index in [2.05, 4.69) is 37.2 Å². The number of nitrogens with one attached hydrogen (secondary N) is 7. The van der Waals surface area contributed by atoms with Gasteiger partial charge in [-0.25, -0.2) is 14.2 Å². The molecule has 8 amide bonds. The highest BCUT2D eigenvalue weighted by atomic mass is 19.1. The van der Waals surface area contributed by atoms with Crippen LogP contribution in [0.5, 0.6) is 0 Å². The summed E-state index contributed by atoms with van der Waals surface area (Å²) in [5.74, 6) is -9.02. The molecule has 0 fully saturated rings. The summed E-state index contributed by atoms with van der Waals surface area (Å²) in [4.78, 5) is 146. The quantitative estimate of drug-likeness (QED) is 0.0153. The van der Waals surface area contributed by atoms with Crippen LogP contribution in [0.25, 0.3) is 22.3 Å². The van der Waals surface area contributed by atoms with Crippen molar-refractivity contribution < 1.29 is 72.0 Å². The van der Waals surface area contributed by atoms with Crippen LogP contribution >= 0.6 is 0 Å². The standard InChI is InChI=1S/C51H53FN10O15/c1-3-51(75)30-14-35-46-28(21-61(35)49(73)29(30)22-77-50(51)74)45-32(10-9-27-25(2)31(52)15-33(60-46)44(27)45)58-40(66)23-76-24-57-38(64)18-55-47(71)34(13-26-7-5-4-6-8-26)59-39(65)19-54-37(63)17-56-48(72)36(16-53-20-43(69)70)62-41(67)11-12-42(62)68/h4-8,11-12,14-15,32,34,36,53,75H,3,9-10,13,16-24H2,1-2H3,(H,54,63)(H,55,71)(H,56,72)(H,57,64)(H,58,66)(H,59,65)(H,69,70)/t32-,34-,36+,51-/m0/s1. The zero-order chi connectivity index (χ0) is 55.3. The van der Waals surface area contributed by atoms with Crippen molar-refractivity contribution in [2.24, 2.45) is 0 Å². The van der Waals surface area contributed by atoms with Crippen molar-refractivity contribution >= 4 is 70.1 Å². The van der Waals surface area contributed by atoms with E-state index in [1.54, 1.807) is 50.2 Å². The number of imide groups is 1. The van der Waals surface area contributed by atoms with E-state index in [1.807, 2.05) is 0 Å². The van der Waals surface area contributed by atoms with Gasteiger partial charge >= 0.3 is 11.9 Å². The van der Waals surface area contributed by atoms with E-state index in [0.717, 1.165) is 12.2 Å². The van der Waals surface area contributed by atoms with Crippen molar-refractivity contribution in [2.75, 3.05) is 46.1 Å². The normalized spacial score (nSPS) is 17.6. The smallest absolute Gasteiger partial charge is 0.343 e. The minimum atomic E-state index is -2.07. The number of amides is 8. The predicted octanol–water partition coefficient (Wildman–Crippen LogP) is -2.24. The Morgan fingerprint density at radius 1 is 0.870 bits per heavy atom. The number of carbonyl (C=O) groups is 10. The lowest BCUT2D eigenvalue weighted by Gasteiger charge is -2.31. The van der Waals surface area contributed by atoms with E-state index in [0.29, 0.717) is 67.8 Å². The van der Waals surface area contributed by atoms with Gasteiger partial charge in [0, 0.05) is 47.7 Å². The average molecular weight is 1070 g/mol. The molecular formula is C51H53FN10O15. The van der Waals surface area contributed by atoms with Gasteiger partial charge in [0.15, 0.2) is 5.60 Å². The first kappa shape index (κ1) is 54.5. The first-order chi connectivity index (χ1) is 36.8. The first-order valence-corrected chi connectivity index (χ1v) is 24.4. The molecule has 1 aliphatic carbocycles. The number of carboxylic acid groups (broad SMARTS) is 1. The average Bonchev–Trinajstić information content (AvgIpc) is 4.22. The van der Waals surface area contributed by atoms with Gasteiger partial charge < -0.3 is 61.5 Å². The Bertz CT molecular complexity index is 3220. The van der Waals surface area contributed by atoms with Crippen molar-refractivity contribution in [3.63, 3.8) is 0 Å². The highest BCUT2D eigenvalue weighted by Gasteiger charge is 2.46. The summed E-state index contributed by atoms with van der Waals surface area (Å²) < 4.78 is 27.5. The van der Waals surface area contributed by atoms with Gasteiger partial charge in [-0.05, 0) is 54.5 Å². The number of cyclic esters (lactones) is 1. The number of pyridine rings is 2. The molecule has 77 heavy (non-hydrogen) atoms. The van der Waals surface area contributed by atoms with Crippen LogP contribution in [-0.4, -0.2) is 142 Å². The second-order valence-corrected chi connectivity index (χ2v) is 18.5. The molecule has 5 heterocycles. The maximum absolute atomic E-state index is 15.4. The molecular weight excluding hydrogens is 1010 g/mol. The number of ether oxygens (including phenoxy) is 2. The monoisotopic (exact) mass is 1060 g/mol. The van der Waals surface area contributed by atoms with Gasteiger partial charge in [-0.3, -0.25) is 52.8 Å². The van der Waals surface area contributed by atoms with Crippen molar-refractivity contribution in [2.45, 2.75) is 76.4 Å². The summed E-state index contributed by atoms with van der Waals surface area (Å²) >= 11 is 0. The molecule has 0 radical (unpaired) electrons. The molecule has 0 saturated heterocycles. The summed E-state index contributed by atoms with van der Waals surface area (Å²) in [6.07, 6.45) is 2.49. The van der Waals surface area contributed by atoms with E-state index < -0.39 is 140 Å². The highest BCUT2D eigenvalue weighted by molar-refractivity contribution is 6.15. The first-order valence-electron chi connectivity index (χ1n) is 24.4. The predicted molar refractivity (Wildman–Crippen MR) is 264 cm³/mol. The summed E-state index contributed by atoms with van der Waals surface area (Å²) in [6, 6.07) is 7.97. The number of halogens is 1. The van der Waals surface area contributed by atoms with Crippen LogP contribution in [0.3, 0.4) is 0 Å². The van der Waals surface area contributed by atoms with Gasteiger partial charge in [-0.2, -0.15) is 0 Å². The number of aromatic nitrogens is 2. The molecule has 0 bridgehead atoms. The van der Waals surface area contributed by atoms with Gasteiger partial charge in [0.1, 0.15) is 37.8 Å². The Kier molecular flexibility index (Phi) is 16.3. The largest absolute Gasteiger partial charge is 0.480 e. The van der Waals surface area contributed by atoms with Crippen LogP contribution in [0.15, 0.2) is 59.4 Å². The van der Waals surface area contributed by atoms with E-state index in [9.17, 15) is 57.8 Å². The zero-order valence-electron chi connectivity index (χ0n) is 41.5. The Morgan fingerprint density at radius 2 is 1.56 bits per heavy atom. The van der Waals surface area contributed by atoms with Crippen LogP contribution in [-0.2, 0) is 89.0 Å². The van der Waals surface area contributed by atoms with Crippen LogP contribution < -0.4 is 42.8 Å². The molecule has 4 aromatic rings. The molecule has 8 rings (SSSR count). The third-order valence-corrected chi connectivity index (χ3v) is 13.6. The van der Waals surface area contributed by atoms with E-state index in [-0.39, 0.29) is 37.1 Å². The fraction of sp³-hybridized carbons (Fsp3) is 0.373. The molecule has 26 heteroatoms. The number of aliphatic hydroxyl groups is 1. The van der Waals surface area contributed by atoms with Crippen molar-refractivity contribution in [3.8, 4) is 11.4 Å². The number of carbonyl (C=O) groups excluding carboxylic acids is 9. The molecule has 4 atom stereocenters. The number of fused-ring (bicyclic) bond motifs is 5. The molecule has 3 aliphatic heterocycles. The van der Waals surface area contributed by atoms with Crippen molar-refractivity contribution in [1.29, 1.82) is 0 Å². The summed E-state index contributed by atoms with van der Waals surface area (Å²) in [6.45, 7) is -1.02. The molecule has 404 valence electrons. The molecule has 2 aromatic heterocycles. The topological polar surface area (TPSA) is 352 Å². The Balaban J connectivity index is 0.835. The molecule has 0 unspecified atom stereocenters. The number of benzene rings is 2.